The van der Waals surface area contributed by atoms with Gasteiger partial charge in [-0.2, -0.15) is 0 Å². The van der Waals surface area contributed by atoms with E-state index in [9.17, 15) is 28.6 Å². The number of aromatic hydroxyl groups is 1. The van der Waals surface area contributed by atoms with Crippen LogP contribution in [0.1, 0.15) is 53.7 Å². The number of hydrogen-bond donors (Lipinski definition) is 2. The summed E-state index contributed by atoms with van der Waals surface area (Å²) in [6, 6.07) is 3.51. The van der Waals surface area contributed by atoms with Crippen molar-refractivity contribution in [2.75, 3.05) is 19.7 Å². The molecular weight excluding hydrogens is 456 g/mol. The van der Waals surface area contributed by atoms with E-state index >= 15 is 0 Å². The van der Waals surface area contributed by atoms with Gasteiger partial charge >= 0.3 is 0 Å². The fourth-order valence-electron chi connectivity index (χ4n) is 6.19. The summed E-state index contributed by atoms with van der Waals surface area (Å²) < 4.78 is 28.8. The molecule has 2 aromatic rings. The number of nitrogens with zero attached hydrogens (tertiary/aromatic N) is 3. The summed E-state index contributed by atoms with van der Waals surface area (Å²) in [5.74, 6) is -1.81. The Hall–Kier alpha value is -2.78. The highest BCUT2D eigenvalue weighted by Gasteiger charge is 2.48. The fourth-order valence-corrected chi connectivity index (χ4v) is 6.19. The van der Waals surface area contributed by atoms with Crippen LogP contribution in [0.25, 0.3) is 0 Å². The molecule has 1 aromatic heterocycles. The monoisotopic (exact) mass is 487 g/mol. The van der Waals surface area contributed by atoms with E-state index in [0.29, 0.717) is 43.0 Å². The van der Waals surface area contributed by atoms with Crippen molar-refractivity contribution in [1.82, 2.24) is 14.4 Å². The van der Waals surface area contributed by atoms with Crippen molar-refractivity contribution in [3.63, 3.8) is 0 Å². The number of carbonyl (C=O) groups is 1. The minimum absolute atomic E-state index is 0.0105. The maximum atomic E-state index is 14.0. The van der Waals surface area contributed by atoms with E-state index in [-0.39, 0.29) is 36.8 Å². The van der Waals surface area contributed by atoms with E-state index in [2.05, 4.69) is 4.90 Å². The topological polar surface area (TPSA) is 86.0 Å². The van der Waals surface area contributed by atoms with Gasteiger partial charge in [0, 0.05) is 37.0 Å². The summed E-state index contributed by atoms with van der Waals surface area (Å²) in [4.78, 5) is 30.6. The molecule has 3 atom stereocenters. The highest BCUT2D eigenvalue weighted by atomic mass is 19.1. The number of hydrogen-bond acceptors (Lipinski definition) is 5. The molecule has 2 fully saturated rings. The van der Waals surface area contributed by atoms with Crippen LogP contribution in [0.3, 0.4) is 0 Å². The lowest BCUT2D eigenvalue weighted by atomic mass is 9.80. The molecule has 0 bridgehead atoms. The minimum Gasteiger partial charge on any atom is -0.503 e. The smallest absolute Gasteiger partial charge is 0.276 e. The number of rotatable bonds is 6. The first-order valence-corrected chi connectivity index (χ1v) is 12.5. The van der Waals surface area contributed by atoms with E-state index in [0.717, 1.165) is 38.3 Å². The van der Waals surface area contributed by atoms with Crippen LogP contribution in [0.5, 0.6) is 5.75 Å². The van der Waals surface area contributed by atoms with Gasteiger partial charge in [-0.15, -0.1) is 0 Å². The van der Waals surface area contributed by atoms with Gasteiger partial charge in [-0.1, -0.05) is 18.9 Å². The number of benzene rings is 1. The first kappa shape index (κ1) is 23.9. The van der Waals surface area contributed by atoms with E-state index in [1.54, 1.807) is 10.8 Å². The van der Waals surface area contributed by atoms with Crippen LogP contribution < -0.4 is 5.43 Å². The Balaban J connectivity index is 1.42. The molecule has 1 aromatic carbocycles. The molecule has 5 rings (SSSR count). The zero-order chi connectivity index (χ0) is 24.7. The van der Waals surface area contributed by atoms with Gasteiger partial charge in [-0.25, -0.2) is 8.78 Å². The third-order valence-corrected chi connectivity index (χ3v) is 7.86. The standard InChI is InChI=1S/C26H31F2N3O4/c27-19-9-8-16(20(28)12-19)5-3-6-18-14-30-15-22-29(10-11-32)13-17-4-1-2-7-21(17)31(22)26(35)23(30)25(34)24(18)33/h8-9,12,14,17,21-22,32,34H,1-7,10-11,13,15H2/t17-,21-,22-/m0/s1. The summed E-state index contributed by atoms with van der Waals surface area (Å²) in [7, 11) is 0. The molecule has 3 aliphatic rings. The largest absolute Gasteiger partial charge is 0.503 e. The number of aromatic nitrogens is 1. The Kier molecular flexibility index (Phi) is 6.63. The van der Waals surface area contributed by atoms with Crippen LogP contribution >= 0.6 is 0 Å². The van der Waals surface area contributed by atoms with Gasteiger partial charge in [0.2, 0.25) is 5.43 Å². The Morgan fingerprint density at radius 3 is 2.57 bits per heavy atom. The van der Waals surface area contributed by atoms with Crippen molar-refractivity contribution in [3.8, 4) is 5.75 Å². The number of β-amino-alcohol motifs (C(OH)–C–C–N with tert-alkyl or cyclic N) is 1. The number of aryl methyl sites for hydroxylation is 2. The molecule has 1 saturated heterocycles. The molecule has 1 aliphatic carbocycles. The number of amides is 1. The second kappa shape index (κ2) is 9.70. The molecule has 0 unspecified atom stereocenters. The summed E-state index contributed by atoms with van der Waals surface area (Å²) >= 11 is 0. The first-order chi connectivity index (χ1) is 16.9. The van der Waals surface area contributed by atoms with Crippen molar-refractivity contribution in [2.45, 2.75) is 63.7 Å². The second-order valence-corrected chi connectivity index (χ2v) is 9.95. The molecule has 35 heavy (non-hydrogen) atoms. The average molecular weight is 488 g/mol. The van der Waals surface area contributed by atoms with E-state index in [1.807, 2.05) is 4.90 Å². The van der Waals surface area contributed by atoms with E-state index in [1.165, 1.54) is 12.1 Å². The number of carbonyl (C=O) groups excluding carboxylic acids is 1. The molecule has 9 heteroatoms. The average Bonchev–Trinajstić information content (AvgIpc) is 2.83. The summed E-state index contributed by atoms with van der Waals surface area (Å²) in [6.07, 6.45) is 6.52. The predicted octanol–water partition coefficient (Wildman–Crippen LogP) is 2.66. The van der Waals surface area contributed by atoms with Crippen molar-refractivity contribution in [2.24, 2.45) is 5.92 Å². The van der Waals surface area contributed by atoms with Crippen LogP contribution in [-0.4, -0.2) is 62.4 Å². The number of fused-ring (bicyclic) bond motifs is 4. The molecule has 2 N–H and O–H groups in total. The molecule has 2 aliphatic heterocycles. The Bertz CT molecular complexity index is 1180. The third kappa shape index (κ3) is 4.36. The quantitative estimate of drug-likeness (QED) is 0.655. The van der Waals surface area contributed by atoms with Crippen molar-refractivity contribution < 1.29 is 23.8 Å². The highest BCUT2D eigenvalue weighted by Crippen LogP contribution is 2.39. The molecule has 1 amide bonds. The van der Waals surface area contributed by atoms with Crippen molar-refractivity contribution >= 4 is 5.91 Å². The molecule has 7 nitrogen and oxygen atoms in total. The third-order valence-electron chi connectivity index (χ3n) is 7.86. The predicted molar refractivity (Wildman–Crippen MR) is 125 cm³/mol. The van der Waals surface area contributed by atoms with Gasteiger partial charge in [0.15, 0.2) is 11.4 Å². The Morgan fingerprint density at radius 1 is 1.03 bits per heavy atom. The summed E-state index contributed by atoms with van der Waals surface area (Å²) in [5, 5.41) is 20.4. The number of aliphatic hydroxyl groups is 1. The fraction of sp³-hybridized carbons (Fsp3) is 0.538. The van der Waals surface area contributed by atoms with Crippen LogP contribution in [0.15, 0.2) is 29.2 Å². The molecule has 0 radical (unpaired) electrons. The van der Waals surface area contributed by atoms with Crippen molar-refractivity contribution in [1.29, 1.82) is 0 Å². The molecule has 0 spiro atoms. The first-order valence-electron chi connectivity index (χ1n) is 12.5. The Labute approximate surface area is 202 Å². The summed E-state index contributed by atoms with van der Waals surface area (Å²) in [5.41, 5.74) is 0.167. The molecule has 1 saturated carbocycles. The SMILES string of the molecule is O=C1c2c(O)c(=O)c(CCCc3ccc(F)cc3F)cn2C[C@H]2N(CCO)C[C@@H]3CCCC[C@@H]3N12. The summed E-state index contributed by atoms with van der Waals surface area (Å²) in [6.45, 7) is 1.66. The van der Waals surface area contributed by atoms with Gasteiger partial charge < -0.3 is 19.7 Å². The van der Waals surface area contributed by atoms with Crippen LogP contribution in [0, 0.1) is 17.6 Å². The highest BCUT2D eigenvalue weighted by molar-refractivity contribution is 5.96. The molecule has 3 heterocycles. The Morgan fingerprint density at radius 2 is 1.80 bits per heavy atom. The lowest BCUT2D eigenvalue weighted by Crippen LogP contribution is -2.68. The minimum atomic E-state index is -0.639. The zero-order valence-electron chi connectivity index (χ0n) is 19.6. The van der Waals surface area contributed by atoms with Gasteiger partial charge in [0.25, 0.3) is 5.91 Å². The number of halogens is 2. The number of aliphatic hydroxyl groups excluding tert-OH is 1. The van der Waals surface area contributed by atoms with Gasteiger partial charge in [0.1, 0.15) is 17.8 Å². The van der Waals surface area contributed by atoms with Crippen molar-refractivity contribution in [3.05, 3.63) is 63.1 Å². The maximum absolute atomic E-state index is 14.0. The normalized spacial score (nSPS) is 24.1. The van der Waals surface area contributed by atoms with Crippen LogP contribution in [-0.2, 0) is 19.4 Å². The lowest BCUT2D eigenvalue weighted by molar-refractivity contribution is -0.0773. The van der Waals surface area contributed by atoms with Gasteiger partial charge in [0.05, 0.1) is 13.2 Å². The van der Waals surface area contributed by atoms with Gasteiger partial charge in [-0.3, -0.25) is 14.5 Å². The second-order valence-electron chi connectivity index (χ2n) is 9.95. The lowest BCUT2D eigenvalue weighted by Gasteiger charge is -2.55. The number of pyridine rings is 1. The maximum Gasteiger partial charge on any atom is 0.276 e. The van der Waals surface area contributed by atoms with E-state index < -0.39 is 22.8 Å². The zero-order valence-corrected chi connectivity index (χ0v) is 19.6. The van der Waals surface area contributed by atoms with Crippen LogP contribution in [0.4, 0.5) is 8.78 Å². The van der Waals surface area contributed by atoms with Crippen LogP contribution in [0.2, 0.25) is 0 Å². The van der Waals surface area contributed by atoms with E-state index in [4.69, 9.17) is 0 Å². The molecule has 188 valence electrons. The van der Waals surface area contributed by atoms with Gasteiger partial charge in [-0.05, 0) is 49.7 Å². The molecular formula is C26H31F2N3O4.